The summed E-state index contributed by atoms with van der Waals surface area (Å²) in [6.07, 6.45) is 0. The minimum Gasteiger partial charge on any atom is -0.460 e. The monoisotopic (exact) mass is 199 g/mol. The molecule has 0 aliphatic rings. The van der Waals surface area contributed by atoms with Gasteiger partial charge in [-0.25, -0.2) is 4.79 Å². The summed E-state index contributed by atoms with van der Waals surface area (Å²) in [5.41, 5.74) is 5.29. The summed E-state index contributed by atoms with van der Waals surface area (Å²) in [6, 6.07) is 3.21. The summed E-state index contributed by atoms with van der Waals surface area (Å²) >= 11 is 0. The number of furan rings is 1. The molecule has 0 saturated heterocycles. The van der Waals surface area contributed by atoms with Crippen molar-refractivity contribution in [3.63, 3.8) is 0 Å². The van der Waals surface area contributed by atoms with E-state index in [4.69, 9.17) is 14.9 Å². The first-order valence-electron chi connectivity index (χ1n) is 4.73. The second kappa shape index (κ2) is 7.15. The average molecular weight is 199 g/mol. The number of hydrogen-bond donors (Lipinski definition) is 1. The highest BCUT2D eigenvalue weighted by molar-refractivity contribution is 5.86. The van der Waals surface area contributed by atoms with E-state index in [9.17, 15) is 4.79 Å². The van der Waals surface area contributed by atoms with E-state index < -0.39 is 5.97 Å². The summed E-state index contributed by atoms with van der Waals surface area (Å²) in [5.74, 6) is 0.340. The van der Waals surface area contributed by atoms with Crippen molar-refractivity contribution in [2.75, 3.05) is 6.61 Å². The van der Waals surface area contributed by atoms with Gasteiger partial charge in [0.1, 0.15) is 5.76 Å². The Morgan fingerprint density at radius 1 is 1.50 bits per heavy atom. The van der Waals surface area contributed by atoms with Crippen LogP contribution < -0.4 is 5.73 Å². The Morgan fingerprint density at radius 2 is 2.14 bits per heavy atom. The minimum atomic E-state index is -0.447. The first-order chi connectivity index (χ1) is 6.77. The molecule has 14 heavy (non-hydrogen) atoms. The van der Waals surface area contributed by atoms with Crippen LogP contribution in [0.3, 0.4) is 0 Å². The van der Waals surface area contributed by atoms with Crippen molar-refractivity contribution < 1.29 is 13.9 Å². The molecule has 0 unspecified atom stereocenters. The zero-order valence-electron chi connectivity index (χ0n) is 8.87. The summed E-state index contributed by atoms with van der Waals surface area (Å²) in [5, 5.41) is 0. The predicted octanol–water partition coefficient (Wildman–Crippen LogP) is 1.94. The van der Waals surface area contributed by atoms with Crippen LogP contribution in [-0.2, 0) is 11.3 Å². The molecule has 0 spiro atoms. The Bertz CT molecular complexity index is 268. The maximum absolute atomic E-state index is 11.0. The minimum absolute atomic E-state index is 0.206. The van der Waals surface area contributed by atoms with E-state index in [2.05, 4.69) is 0 Å². The zero-order chi connectivity index (χ0) is 11.0. The lowest BCUT2D eigenvalue weighted by Gasteiger charge is -1.96. The van der Waals surface area contributed by atoms with Crippen molar-refractivity contribution in [3.05, 3.63) is 23.7 Å². The molecule has 4 heteroatoms. The van der Waals surface area contributed by atoms with Crippen molar-refractivity contribution in [3.8, 4) is 0 Å². The van der Waals surface area contributed by atoms with E-state index >= 15 is 0 Å². The highest BCUT2D eigenvalue weighted by Crippen LogP contribution is 2.07. The van der Waals surface area contributed by atoms with Crippen LogP contribution in [0, 0.1) is 0 Å². The Balaban J connectivity index is 0.000000791. The third-order valence-electron chi connectivity index (χ3n) is 1.34. The lowest BCUT2D eigenvalue weighted by atomic mass is 10.4. The first-order valence-corrected chi connectivity index (χ1v) is 4.73. The Kier molecular flexibility index (Phi) is 6.49. The molecule has 0 radical (unpaired) electrons. The third kappa shape index (κ3) is 3.62. The van der Waals surface area contributed by atoms with Gasteiger partial charge in [-0.05, 0) is 19.1 Å². The largest absolute Gasteiger partial charge is 0.460 e. The van der Waals surface area contributed by atoms with Gasteiger partial charge in [-0.3, -0.25) is 0 Å². The molecule has 4 nitrogen and oxygen atoms in total. The van der Waals surface area contributed by atoms with Gasteiger partial charge in [0.15, 0.2) is 0 Å². The van der Waals surface area contributed by atoms with Crippen LogP contribution in [0.4, 0.5) is 0 Å². The van der Waals surface area contributed by atoms with Crippen molar-refractivity contribution in [1.82, 2.24) is 0 Å². The van der Waals surface area contributed by atoms with Crippen molar-refractivity contribution in [2.45, 2.75) is 27.3 Å². The second-order valence-electron chi connectivity index (χ2n) is 2.19. The van der Waals surface area contributed by atoms with Crippen LogP contribution >= 0.6 is 0 Å². The van der Waals surface area contributed by atoms with Crippen molar-refractivity contribution >= 4 is 5.97 Å². The van der Waals surface area contributed by atoms with Crippen LogP contribution in [0.2, 0.25) is 0 Å². The number of carbonyl (C=O) groups excluding carboxylic acids is 1. The Labute approximate surface area is 84.0 Å². The lowest BCUT2D eigenvalue weighted by Crippen LogP contribution is -2.02. The highest BCUT2D eigenvalue weighted by atomic mass is 16.5. The van der Waals surface area contributed by atoms with Crippen LogP contribution in [0.1, 0.15) is 37.1 Å². The maximum atomic E-state index is 11.0. The van der Waals surface area contributed by atoms with Gasteiger partial charge in [0.25, 0.3) is 0 Å². The number of hydrogen-bond acceptors (Lipinski definition) is 4. The van der Waals surface area contributed by atoms with Gasteiger partial charge in [0.05, 0.1) is 13.2 Å². The van der Waals surface area contributed by atoms with Gasteiger partial charge in [0, 0.05) is 0 Å². The standard InChI is InChI=1S/C8H11NO3.C2H6/c1-2-11-8(10)7-4-3-6(5-9)12-7;1-2/h3-4H,2,5,9H2,1H3;1-2H3. The molecule has 80 valence electrons. The van der Waals surface area contributed by atoms with Gasteiger partial charge >= 0.3 is 5.97 Å². The number of rotatable bonds is 3. The maximum Gasteiger partial charge on any atom is 0.374 e. The molecule has 1 rings (SSSR count). The number of ether oxygens (including phenoxy) is 1. The molecule has 1 heterocycles. The molecule has 1 aromatic rings. The third-order valence-corrected chi connectivity index (χ3v) is 1.34. The fourth-order valence-electron chi connectivity index (χ4n) is 0.800. The van der Waals surface area contributed by atoms with Gasteiger partial charge in [0.2, 0.25) is 5.76 Å². The molecule has 0 fully saturated rings. The molecule has 0 aliphatic heterocycles. The summed E-state index contributed by atoms with van der Waals surface area (Å²) in [4.78, 5) is 11.0. The molecule has 0 atom stereocenters. The Morgan fingerprint density at radius 3 is 2.57 bits per heavy atom. The van der Waals surface area contributed by atoms with Crippen LogP contribution in [0.15, 0.2) is 16.5 Å². The van der Waals surface area contributed by atoms with Crippen molar-refractivity contribution in [2.24, 2.45) is 5.73 Å². The summed E-state index contributed by atoms with van der Waals surface area (Å²) in [7, 11) is 0. The lowest BCUT2D eigenvalue weighted by molar-refractivity contribution is 0.0488. The molecular weight excluding hydrogens is 182 g/mol. The quantitative estimate of drug-likeness (QED) is 0.755. The second-order valence-corrected chi connectivity index (χ2v) is 2.19. The van der Waals surface area contributed by atoms with E-state index in [1.165, 1.54) is 0 Å². The fraction of sp³-hybridized carbons (Fsp3) is 0.500. The molecule has 0 saturated carbocycles. The Hall–Kier alpha value is -1.29. The zero-order valence-corrected chi connectivity index (χ0v) is 8.87. The molecule has 2 N–H and O–H groups in total. The van der Waals surface area contributed by atoms with Gasteiger partial charge in [-0.2, -0.15) is 0 Å². The van der Waals surface area contributed by atoms with Crippen LogP contribution in [0.25, 0.3) is 0 Å². The van der Waals surface area contributed by atoms with Crippen LogP contribution in [0.5, 0.6) is 0 Å². The van der Waals surface area contributed by atoms with E-state index in [0.29, 0.717) is 18.9 Å². The van der Waals surface area contributed by atoms with Crippen LogP contribution in [-0.4, -0.2) is 12.6 Å². The predicted molar refractivity (Wildman–Crippen MR) is 53.9 cm³/mol. The number of nitrogens with two attached hydrogens (primary N) is 1. The normalized spacial score (nSPS) is 8.86. The average Bonchev–Trinajstić information content (AvgIpc) is 2.69. The van der Waals surface area contributed by atoms with Gasteiger partial charge in [-0.15, -0.1) is 0 Å². The first kappa shape index (κ1) is 12.7. The molecule has 0 aliphatic carbocycles. The number of carbonyl (C=O) groups is 1. The van der Waals surface area contributed by atoms with E-state index in [1.54, 1.807) is 19.1 Å². The SMILES string of the molecule is CC.CCOC(=O)c1ccc(CN)o1. The van der Waals surface area contributed by atoms with E-state index in [1.807, 2.05) is 13.8 Å². The number of esters is 1. The molecule has 0 aromatic carbocycles. The fourth-order valence-corrected chi connectivity index (χ4v) is 0.800. The smallest absolute Gasteiger partial charge is 0.374 e. The van der Waals surface area contributed by atoms with Crippen molar-refractivity contribution in [1.29, 1.82) is 0 Å². The van der Waals surface area contributed by atoms with Gasteiger partial charge < -0.3 is 14.9 Å². The molecule has 0 amide bonds. The molecule has 1 aromatic heterocycles. The highest BCUT2D eigenvalue weighted by Gasteiger charge is 2.10. The summed E-state index contributed by atoms with van der Waals surface area (Å²) in [6.45, 7) is 6.38. The van der Waals surface area contributed by atoms with Gasteiger partial charge in [-0.1, -0.05) is 13.8 Å². The summed E-state index contributed by atoms with van der Waals surface area (Å²) < 4.78 is 9.76. The van der Waals surface area contributed by atoms with E-state index in [0.717, 1.165) is 0 Å². The molecule has 0 bridgehead atoms. The molecular formula is C10H17NO3. The van der Waals surface area contributed by atoms with E-state index in [-0.39, 0.29) is 5.76 Å². The topological polar surface area (TPSA) is 65.5 Å².